The van der Waals surface area contributed by atoms with Gasteiger partial charge in [-0.25, -0.2) is 0 Å². The number of aliphatic hydroxyl groups is 1. The molecule has 0 saturated heterocycles. The van der Waals surface area contributed by atoms with Crippen molar-refractivity contribution >= 4 is 5.91 Å². The van der Waals surface area contributed by atoms with E-state index in [4.69, 9.17) is 10.8 Å². The molecule has 0 bridgehead atoms. The largest absolute Gasteiger partial charge is 0.394 e. The molecule has 0 aromatic carbocycles. The standard InChI is InChI=1S/C12H26N2O2/c1-5-9(4)11(13)12(16)14-10(7-15)6-8(2)3/h8-11,15H,5-7,13H2,1-4H3,(H,14,16). The molecular weight excluding hydrogens is 204 g/mol. The molecule has 4 nitrogen and oxygen atoms in total. The molecule has 0 spiro atoms. The fraction of sp³-hybridized carbons (Fsp3) is 0.917. The zero-order valence-electron chi connectivity index (χ0n) is 10.9. The summed E-state index contributed by atoms with van der Waals surface area (Å²) in [6, 6.07) is -0.659. The van der Waals surface area contributed by atoms with Gasteiger partial charge in [0.05, 0.1) is 18.7 Å². The summed E-state index contributed by atoms with van der Waals surface area (Å²) in [5, 5.41) is 11.9. The lowest BCUT2D eigenvalue weighted by molar-refractivity contribution is -0.124. The molecule has 96 valence electrons. The van der Waals surface area contributed by atoms with Crippen LogP contribution in [0.25, 0.3) is 0 Å². The van der Waals surface area contributed by atoms with E-state index < -0.39 is 6.04 Å². The van der Waals surface area contributed by atoms with Gasteiger partial charge in [-0.2, -0.15) is 0 Å². The van der Waals surface area contributed by atoms with Gasteiger partial charge in [-0.3, -0.25) is 4.79 Å². The van der Waals surface area contributed by atoms with Crippen LogP contribution in [0.4, 0.5) is 0 Å². The Kier molecular flexibility index (Phi) is 7.34. The number of nitrogens with one attached hydrogen (secondary N) is 1. The molecule has 0 fully saturated rings. The highest BCUT2D eigenvalue weighted by atomic mass is 16.3. The topological polar surface area (TPSA) is 75.4 Å². The number of carbonyl (C=O) groups excluding carboxylic acids is 1. The molecule has 0 aliphatic carbocycles. The third kappa shape index (κ3) is 5.47. The maximum Gasteiger partial charge on any atom is 0.237 e. The predicted molar refractivity (Wildman–Crippen MR) is 65.9 cm³/mol. The summed E-state index contributed by atoms with van der Waals surface area (Å²) >= 11 is 0. The zero-order chi connectivity index (χ0) is 12.7. The lowest BCUT2D eigenvalue weighted by Gasteiger charge is -2.23. The number of hydrogen-bond acceptors (Lipinski definition) is 3. The lowest BCUT2D eigenvalue weighted by Crippen LogP contribution is -2.49. The van der Waals surface area contributed by atoms with Gasteiger partial charge in [0.1, 0.15) is 0 Å². The minimum Gasteiger partial charge on any atom is -0.394 e. The number of aliphatic hydroxyl groups excluding tert-OH is 1. The Morgan fingerprint density at radius 2 is 1.94 bits per heavy atom. The summed E-state index contributed by atoms with van der Waals surface area (Å²) in [6.45, 7) is 8.06. The van der Waals surface area contributed by atoms with Crippen LogP contribution < -0.4 is 11.1 Å². The van der Waals surface area contributed by atoms with E-state index in [1.54, 1.807) is 0 Å². The molecule has 0 radical (unpaired) electrons. The molecule has 0 aliphatic rings. The van der Waals surface area contributed by atoms with Crippen LogP contribution in [0.1, 0.15) is 40.5 Å². The van der Waals surface area contributed by atoms with Gasteiger partial charge in [-0.15, -0.1) is 0 Å². The van der Waals surface area contributed by atoms with E-state index in [0.29, 0.717) is 5.92 Å². The van der Waals surface area contributed by atoms with Crippen molar-refractivity contribution in [2.45, 2.75) is 52.6 Å². The number of amides is 1. The molecule has 0 aliphatic heterocycles. The van der Waals surface area contributed by atoms with Gasteiger partial charge in [0.25, 0.3) is 0 Å². The minimum absolute atomic E-state index is 0.0306. The van der Waals surface area contributed by atoms with Crippen molar-refractivity contribution in [2.24, 2.45) is 17.6 Å². The van der Waals surface area contributed by atoms with Crippen LogP contribution in [0, 0.1) is 11.8 Å². The monoisotopic (exact) mass is 230 g/mol. The Morgan fingerprint density at radius 1 is 1.38 bits per heavy atom. The Bertz CT molecular complexity index is 207. The van der Waals surface area contributed by atoms with Gasteiger partial charge in [-0.05, 0) is 18.3 Å². The normalized spacial score (nSPS) is 16.9. The highest BCUT2D eigenvalue weighted by Gasteiger charge is 2.22. The maximum absolute atomic E-state index is 11.7. The molecule has 0 saturated carbocycles. The van der Waals surface area contributed by atoms with Crippen molar-refractivity contribution < 1.29 is 9.90 Å². The molecule has 3 atom stereocenters. The molecule has 4 heteroatoms. The fourth-order valence-electron chi connectivity index (χ4n) is 1.56. The van der Waals surface area contributed by atoms with Gasteiger partial charge in [0.15, 0.2) is 0 Å². The molecule has 0 aromatic rings. The molecule has 1 amide bonds. The van der Waals surface area contributed by atoms with Crippen LogP contribution in [0.2, 0.25) is 0 Å². The second-order valence-electron chi connectivity index (χ2n) is 4.93. The van der Waals surface area contributed by atoms with Crippen molar-refractivity contribution in [1.29, 1.82) is 0 Å². The van der Waals surface area contributed by atoms with E-state index in [1.807, 2.05) is 13.8 Å². The Balaban J connectivity index is 4.19. The smallest absolute Gasteiger partial charge is 0.237 e. The van der Waals surface area contributed by atoms with Gasteiger partial charge < -0.3 is 16.2 Å². The van der Waals surface area contributed by atoms with Gasteiger partial charge in [0.2, 0.25) is 5.91 Å². The van der Waals surface area contributed by atoms with Crippen LogP contribution in [0.3, 0.4) is 0 Å². The van der Waals surface area contributed by atoms with Crippen molar-refractivity contribution in [3.8, 4) is 0 Å². The first kappa shape index (κ1) is 15.4. The summed E-state index contributed by atoms with van der Waals surface area (Å²) < 4.78 is 0. The zero-order valence-corrected chi connectivity index (χ0v) is 10.9. The molecule has 3 unspecified atom stereocenters. The van der Waals surface area contributed by atoms with Gasteiger partial charge in [-0.1, -0.05) is 34.1 Å². The third-order valence-electron chi connectivity index (χ3n) is 2.88. The first-order chi connectivity index (χ1) is 7.42. The van der Waals surface area contributed by atoms with Crippen LogP contribution in [0.15, 0.2) is 0 Å². The van der Waals surface area contributed by atoms with E-state index >= 15 is 0 Å². The summed E-state index contributed by atoms with van der Waals surface area (Å²) in [5.41, 5.74) is 5.81. The van der Waals surface area contributed by atoms with E-state index in [-0.39, 0.29) is 24.5 Å². The Labute approximate surface area is 98.6 Å². The van der Waals surface area contributed by atoms with Crippen LogP contribution in [-0.2, 0) is 4.79 Å². The molecular formula is C12H26N2O2. The Morgan fingerprint density at radius 3 is 2.31 bits per heavy atom. The number of rotatable bonds is 7. The number of nitrogens with two attached hydrogens (primary N) is 1. The van der Waals surface area contributed by atoms with Crippen LogP contribution in [-0.4, -0.2) is 29.7 Å². The average molecular weight is 230 g/mol. The first-order valence-electron chi connectivity index (χ1n) is 6.09. The van der Waals surface area contributed by atoms with Crippen molar-refractivity contribution in [2.75, 3.05) is 6.61 Å². The Hall–Kier alpha value is -0.610. The number of hydrogen-bond donors (Lipinski definition) is 3. The van der Waals surface area contributed by atoms with E-state index in [9.17, 15) is 4.79 Å². The second-order valence-corrected chi connectivity index (χ2v) is 4.93. The first-order valence-corrected chi connectivity index (χ1v) is 6.09. The predicted octanol–water partition coefficient (Wildman–Crippen LogP) is 0.883. The van der Waals surface area contributed by atoms with E-state index in [1.165, 1.54) is 0 Å². The van der Waals surface area contributed by atoms with Crippen molar-refractivity contribution in [3.05, 3.63) is 0 Å². The average Bonchev–Trinajstić information content (AvgIpc) is 2.25. The number of carbonyl (C=O) groups is 1. The third-order valence-corrected chi connectivity index (χ3v) is 2.88. The molecule has 0 aromatic heterocycles. The van der Waals surface area contributed by atoms with Crippen molar-refractivity contribution in [1.82, 2.24) is 5.32 Å². The molecule has 0 rings (SSSR count). The quantitative estimate of drug-likeness (QED) is 0.608. The van der Waals surface area contributed by atoms with Gasteiger partial charge in [0, 0.05) is 0 Å². The fourth-order valence-corrected chi connectivity index (χ4v) is 1.56. The van der Waals surface area contributed by atoms with Crippen molar-refractivity contribution in [3.63, 3.8) is 0 Å². The van der Waals surface area contributed by atoms with Crippen LogP contribution >= 0.6 is 0 Å². The molecule has 16 heavy (non-hydrogen) atoms. The summed E-state index contributed by atoms with van der Waals surface area (Å²) in [4.78, 5) is 11.7. The summed E-state index contributed by atoms with van der Waals surface area (Å²) in [5.74, 6) is 0.449. The lowest BCUT2D eigenvalue weighted by atomic mass is 9.98. The maximum atomic E-state index is 11.7. The second kappa shape index (κ2) is 7.63. The highest BCUT2D eigenvalue weighted by molar-refractivity contribution is 5.82. The molecule has 4 N–H and O–H groups in total. The highest BCUT2D eigenvalue weighted by Crippen LogP contribution is 2.08. The van der Waals surface area contributed by atoms with Gasteiger partial charge >= 0.3 is 0 Å². The minimum atomic E-state index is -0.480. The van der Waals surface area contributed by atoms with Crippen LogP contribution in [0.5, 0.6) is 0 Å². The summed E-state index contributed by atoms with van der Waals surface area (Å²) in [7, 11) is 0. The molecule has 0 heterocycles. The summed E-state index contributed by atoms with van der Waals surface area (Å²) in [6.07, 6.45) is 1.65. The van der Waals surface area contributed by atoms with E-state index in [2.05, 4.69) is 19.2 Å². The van der Waals surface area contributed by atoms with E-state index in [0.717, 1.165) is 12.8 Å². The SMILES string of the molecule is CCC(C)C(N)C(=O)NC(CO)CC(C)C.